The number of rotatable bonds is 2. The van der Waals surface area contributed by atoms with Crippen molar-refractivity contribution in [3.63, 3.8) is 0 Å². The zero-order chi connectivity index (χ0) is 16.4. The van der Waals surface area contributed by atoms with Gasteiger partial charge >= 0.3 is 0 Å². The molecule has 2 heteroatoms. The predicted octanol–water partition coefficient (Wildman–Crippen LogP) is 6.14. The molecule has 0 N–H and O–H groups in total. The van der Waals surface area contributed by atoms with Gasteiger partial charge in [-0.25, -0.2) is 0 Å². The number of hydrogen-bond donors (Lipinski definition) is 0. The largest absolute Gasteiger partial charge is 0.448 e. The summed E-state index contributed by atoms with van der Waals surface area (Å²) in [6, 6.07) is 7.82. The van der Waals surface area contributed by atoms with E-state index >= 15 is 0 Å². The molecule has 3 rings (SSSR count). The maximum absolute atomic E-state index is 5.95. The Bertz CT molecular complexity index is 852. The van der Waals surface area contributed by atoms with Crippen LogP contribution in [-0.2, 0) is 4.74 Å². The standard InChI is InChI=1S/C21H17ClO/c1-14(17-8-10-19(22)11-9-17)12-15(2)21-16(3)18-6-4-5-7-20(13-18)23-21/h4-12H,3H2,1-2H3/b14-12+,21-15+. The molecule has 1 aliphatic heterocycles. The van der Waals surface area contributed by atoms with Crippen LogP contribution in [0.25, 0.3) is 5.57 Å². The molecular formula is C21H17ClO. The molecule has 1 aromatic carbocycles. The topological polar surface area (TPSA) is 9.23 Å². The smallest absolute Gasteiger partial charge is 0.170 e. The zero-order valence-corrected chi connectivity index (χ0v) is 13.9. The van der Waals surface area contributed by atoms with E-state index in [4.69, 9.17) is 16.3 Å². The summed E-state index contributed by atoms with van der Waals surface area (Å²) in [4.78, 5) is 0. The molecule has 114 valence electrons. The van der Waals surface area contributed by atoms with Gasteiger partial charge < -0.3 is 4.74 Å². The minimum atomic E-state index is 0.712. The Morgan fingerprint density at radius 1 is 1.13 bits per heavy atom. The third kappa shape index (κ3) is 3.32. The average molecular weight is 321 g/mol. The first-order valence-electron chi connectivity index (χ1n) is 7.43. The van der Waals surface area contributed by atoms with Crippen LogP contribution < -0.4 is 0 Å². The summed E-state index contributed by atoms with van der Waals surface area (Å²) >= 11 is 5.95. The first kappa shape index (κ1) is 15.4. The fourth-order valence-electron chi connectivity index (χ4n) is 2.55. The fourth-order valence-corrected chi connectivity index (χ4v) is 2.67. The van der Waals surface area contributed by atoms with E-state index in [0.29, 0.717) is 5.76 Å². The Hall–Kier alpha value is -2.47. The van der Waals surface area contributed by atoms with Crippen LogP contribution in [0.1, 0.15) is 19.4 Å². The molecule has 0 atom stereocenters. The third-order valence-corrected chi connectivity index (χ3v) is 4.03. The van der Waals surface area contributed by atoms with Crippen LogP contribution in [0.5, 0.6) is 0 Å². The van der Waals surface area contributed by atoms with E-state index in [-0.39, 0.29) is 0 Å². The molecule has 1 aromatic rings. The molecule has 0 spiro atoms. The van der Waals surface area contributed by atoms with Gasteiger partial charge in [-0.2, -0.15) is 0 Å². The van der Waals surface area contributed by atoms with Gasteiger partial charge in [0.1, 0.15) is 5.76 Å². The van der Waals surface area contributed by atoms with Crippen molar-refractivity contribution in [2.24, 2.45) is 0 Å². The van der Waals surface area contributed by atoms with Crippen molar-refractivity contribution >= 4 is 17.2 Å². The summed E-state index contributed by atoms with van der Waals surface area (Å²) in [7, 11) is 0. The first-order chi connectivity index (χ1) is 11.0. The van der Waals surface area contributed by atoms with Gasteiger partial charge in [-0.05, 0) is 54.8 Å². The maximum atomic E-state index is 5.95. The lowest BCUT2D eigenvalue weighted by Crippen LogP contribution is -2.03. The molecule has 0 aromatic heterocycles. The number of ether oxygens (including phenoxy) is 1. The predicted molar refractivity (Wildman–Crippen MR) is 96.8 cm³/mol. The lowest BCUT2D eigenvalue weighted by molar-refractivity contribution is 0.324. The van der Waals surface area contributed by atoms with E-state index in [1.807, 2.05) is 55.5 Å². The fraction of sp³-hybridized carbons (Fsp3) is 0.0952. The lowest BCUT2D eigenvalue weighted by Gasteiger charge is -2.18. The van der Waals surface area contributed by atoms with E-state index in [0.717, 1.165) is 38.6 Å². The van der Waals surface area contributed by atoms with Gasteiger partial charge in [-0.1, -0.05) is 54.3 Å². The van der Waals surface area contributed by atoms with Crippen LogP contribution in [0.4, 0.5) is 0 Å². The molecule has 0 saturated heterocycles. The van der Waals surface area contributed by atoms with Gasteiger partial charge in [0.15, 0.2) is 5.76 Å². The number of hydrogen-bond acceptors (Lipinski definition) is 1. The van der Waals surface area contributed by atoms with Crippen molar-refractivity contribution < 1.29 is 4.74 Å². The minimum Gasteiger partial charge on any atom is -0.448 e. The third-order valence-electron chi connectivity index (χ3n) is 3.78. The maximum Gasteiger partial charge on any atom is 0.170 e. The van der Waals surface area contributed by atoms with Crippen molar-refractivity contribution in [1.82, 2.24) is 0 Å². The van der Waals surface area contributed by atoms with Crippen molar-refractivity contribution in [3.05, 3.63) is 106 Å². The Balaban J connectivity index is 1.96. The van der Waals surface area contributed by atoms with Crippen molar-refractivity contribution in [2.75, 3.05) is 0 Å². The SMILES string of the molecule is C=C1C2=C=C(C=CC=C2)O/C1=C(C)/C=C(\C)c1ccc(Cl)cc1. The van der Waals surface area contributed by atoms with Crippen LogP contribution in [0.3, 0.4) is 0 Å². The van der Waals surface area contributed by atoms with Crippen LogP contribution >= 0.6 is 11.6 Å². The first-order valence-corrected chi connectivity index (χ1v) is 7.80. The zero-order valence-electron chi connectivity index (χ0n) is 13.2. The summed E-state index contributed by atoms with van der Waals surface area (Å²) in [6.07, 6.45) is 9.92. The molecule has 0 radical (unpaired) electrons. The van der Waals surface area contributed by atoms with Crippen LogP contribution in [0, 0.1) is 0 Å². The molecule has 1 heterocycles. The molecular weight excluding hydrogens is 304 g/mol. The molecule has 1 nitrogen and oxygen atoms in total. The number of allylic oxidation sites excluding steroid dienone is 7. The molecule has 1 aliphatic carbocycles. The highest BCUT2D eigenvalue weighted by Crippen LogP contribution is 2.32. The van der Waals surface area contributed by atoms with Crippen LogP contribution in [0.15, 0.2) is 95.2 Å². The quantitative estimate of drug-likeness (QED) is 0.595. The van der Waals surface area contributed by atoms with Crippen LogP contribution in [0.2, 0.25) is 5.02 Å². The summed E-state index contributed by atoms with van der Waals surface area (Å²) in [5.74, 6) is 1.50. The van der Waals surface area contributed by atoms with Crippen molar-refractivity contribution in [3.8, 4) is 0 Å². The molecule has 2 bridgehead atoms. The van der Waals surface area contributed by atoms with Gasteiger partial charge in [0, 0.05) is 16.2 Å². The van der Waals surface area contributed by atoms with Gasteiger partial charge in [-0.3, -0.25) is 0 Å². The second kappa shape index (κ2) is 6.34. The van der Waals surface area contributed by atoms with Crippen molar-refractivity contribution in [1.29, 1.82) is 0 Å². The highest BCUT2D eigenvalue weighted by molar-refractivity contribution is 6.30. The summed E-state index contributed by atoms with van der Waals surface area (Å²) in [5.41, 5.74) is 8.33. The Labute approximate surface area is 141 Å². The summed E-state index contributed by atoms with van der Waals surface area (Å²) in [5, 5.41) is 0.738. The highest BCUT2D eigenvalue weighted by Gasteiger charge is 2.18. The molecule has 2 aliphatic rings. The van der Waals surface area contributed by atoms with E-state index in [9.17, 15) is 0 Å². The molecule has 0 unspecified atom stereocenters. The molecule has 0 saturated carbocycles. The Kier molecular flexibility index (Phi) is 4.25. The highest BCUT2D eigenvalue weighted by atomic mass is 35.5. The molecule has 0 amide bonds. The monoisotopic (exact) mass is 320 g/mol. The molecule has 23 heavy (non-hydrogen) atoms. The van der Waals surface area contributed by atoms with Gasteiger partial charge in [-0.15, -0.1) is 0 Å². The normalized spacial score (nSPS) is 18.9. The lowest BCUT2D eigenvalue weighted by atomic mass is 9.99. The van der Waals surface area contributed by atoms with Crippen LogP contribution in [-0.4, -0.2) is 0 Å². The second-order valence-electron chi connectivity index (χ2n) is 5.55. The van der Waals surface area contributed by atoms with E-state index in [1.165, 1.54) is 0 Å². The Morgan fingerprint density at radius 3 is 2.57 bits per heavy atom. The van der Waals surface area contributed by atoms with E-state index in [2.05, 4.69) is 25.3 Å². The number of halogens is 1. The van der Waals surface area contributed by atoms with Gasteiger partial charge in [0.2, 0.25) is 0 Å². The summed E-state index contributed by atoms with van der Waals surface area (Å²) < 4.78 is 5.94. The number of benzene rings is 1. The van der Waals surface area contributed by atoms with Crippen molar-refractivity contribution in [2.45, 2.75) is 13.8 Å². The minimum absolute atomic E-state index is 0.712. The average Bonchev–Trinajstić information content (AvgIpc) is 2.74. The van der Waals surface area contributed by atoms with Gasteiger partial charge in [0.05, 0.1) is 0 Å². The van der Waals surface area contributed by atoms with Gasteiger partial charge in [0.25, 0.3) is 0 Å². The second-order valence-corrected chi connectivity index (χ2v) is 5.98. The summed E-state index contributed by atoms with van der Waals surface area (Å²) in [6.45, 7) is 8.26. The Morgan fingerprint density at radius 2 is 1.83 bits per heavy atom. The van der Waals surface area contributed by atoms with E-state index in [1.54, 1.807) is 0 Å². The molecule has 0 fully saturated rings. The van der Waals surface area contributed by atoms with E-state index < -0.39 is 0 Å².